The number of allylic oxidation sites excluding steroid dienone is 1. The molecule has 2 heteroatoms. The molecule has 0 spiro atoms. The van der Waals surface area contributed by atoms with Crippen LogP contribution < -0.4 is 0 Å². The van der Waals surface area contributed by atoms with Gasteiger partial charge < -0.3 is 0 Å². The first kappa shape index (κ1) is 7.45. The maximum absolute atomic E-state index is 11.8. The second kappa shape index (κ2) is 3.49. The lowest BCUT2D eigenvalue weighted by molar-refractivity contribution is 0.507. The van der Waals surface area contributed by atoms with E-state index in [0.717, 1.165) is 12.1 Å². The summed E-state index contributed by atoms with van der Waals surface area (Å²) in [7, 11) is 0. The third-order valence-electron chi connectivity index (χ3n) is 1.52. The van der Waals surface area contributed by atoms with E-state index in [1.807, 2.05) is 13.0 Å². The van der Waals surface area contributed by atoms with Gasteiger partial charge in [-0.1, -0.05) is 6.08 Å². The van der Waals surface area contributed by atoms with E-state index in [0.29, 0.717) is 12.5 Å². The third-order valence-corrected chi connectivity index (χ3v) is 1.52. The van der Waals surface area contributed by atoms with Gasteiger partial charge in [0.05, 0.1) is 12.7 Å². The molecule has 0 aromatic rings. The molecule has 1 rings (SSSR count). The van der Waals surface area contributed by atoms with Crippen LogP contribution in [0.1, 0.15) is 19.8 Å². The molecular weight excluding hydrogens is 129 g/mol. The van der Waals surface area contributed by atoms with E-state index in [1.165, 1.54) is 0 Å². The highest BCUT2D eigenvalue weighted by Gasteiger charge is 2.03. The second-order valence-corrected chi connectivity index (χ2v) is 2.55. The Bertz CT molecular complexity index is 161. The minimum Gasteiger partial charge on any atom is -0.286 e. The van der Waals surface area contributed by atoms with Crippen molar-refractivity contribution in [1.29, 1.82) is 0 Å². The molecule has 1 atom stereocenters. The van der Waals surface area contributed by atoms with Crippen molar-refractivity contribution in [3.05, 3.63) is 12.2 Å². The van der Waals surface area contributed by atoms with Gasteiger partial charge in [-0.05, 0) is 19.4 Å². The van der Waals surface area contributed by atoms with E-state index in [2.05, 4.69) is 11.1 Å². The fraction of sp³-hybridized carbons (Fsp3) is 0.625. The summed E-state index contributed by atoms with van der Waals surface area (Å²) in [6.07, 6.45) is 5.44. The van der Waals surface area contributed by atoms with Crippen LogP contribution in [0.15, 0.2) is 17.1 Å². The molecule has 10 heavy (non-hydrogen) atoms. The van der Waals surface area contributed by atoms with Gasteiger partial charge in [0.15, 0.2) is 0 Å². The minimum absolute atomic E-state index is 0.296. The molecule has 1 aliphatic heterocycles. The molecule has 0 aliphatic carbocycles. The standard InChI is InChI=1S/C8H12FN/c1-7-3-2-4-8(10-7)5-6-9/h2,4,7H,3,5-6H2,1H3/t7-/m0/s1. The van der Waals surface area contributed by atoms with Gasteiger partial charge in [0, 0.05) is 12.1 Å². The number of rotatable bonds is 2. The molecule has 0 unspecified atom stereocenters. The van der Waals surface area contributed by atoms with Gasteiger partial charge >= 0.3 is 0 Å². The van der Waals surface area contributed by atoms with Crippen LogP contribution in [0.25, 0.3) is 0 Å². The number of alkyl halides is 1. The zero-order chi connectivity index (χ0) is 7.40. The van der Waals surface area contributed by atoms with Gasteiger partial charge in [0.25, 0.3) is 0 Å². The Balaban J connectivity index is 2.49. The topological polar surface area (TPSA) is 12.4 Å². The van der Waals surface area contributed by atoms with Crippen LogP contribution in [0.5, 0.6) is 0 Å². The number of dihydropyridines is 1. The van der Waals surface area contributed by atoms with Crippen molar-refractivity contribution in [3.63, 3.8) is 0 Å². The van der Waals surface area contributed by atoms with E-state index < -0.39 is 0 Å². The van der Waals surface area contributed by atoms with Crippen LogP contribution in [-0.2, 0) is 0 Å². The smallest absolute Gasteiger partial charge is 0.0949 e. The molecular formula is C8H12FN. The van der Waals surface area contributed by atoms with Gasteiger partial charge in [0.2, 0.25) is 0 Å². The van der Waals surface area contributed by atoms with Gasteiger partial charge in [-0.3, -0.25) is 9.38 Å². The van der Waals surface area contributed by atoms with Crippen molar-refractivity contribution in [2.75, 3.05) is 6.67 Å². The quantitative estimate of drug-likeness (QED) is 0.558. The highest BCUT2D eigenvalue weighted by atomic mass is 19.1. The van der Waals surface area contributed by atoms with Crippen LogP contribution >= 0.6 is 0 Å². The van der Waals surface area contributed by atoms with E-state index in [4.69, 9.17) is 0 Å². The maximum Gasteiger partial charge on any atom is 0.0949 e. The van der Waals surface area contributed by atoms with E-state index in [9.17, 15) is 4.39 Å². The van der Waals surface area contributed by atoms with Gasteiger partial charge in [-0.2, -0.15) is 0 Å². The van der Waals surface area contributed by atoms with Crippen molar-refractivity contribution in [3.8, 4) is 0 Å². The summed E-state index contributed by atoms with van der Waals surface area (Å²) in [4.78, 5) is 4.26. The van der Waals surface area contributed by atoms with Crippen molar-refractivity contribution in [2.24, 2.45) is 4.99 Å². The van der Waals surface area contributed by atoms with Crippen molar-refractivity contribution >= 4 is 5.71 Å². The Morgan fingerprint density at radius 3 is 3.20 bits per heavy atom. The summed E-state index contributed by atoms with van der Waals surface area (Å²) in [5.74, 6) is 0. The fourth-order valence-electron chi connectivity index (χ4n) is 1.02. The molecule has 0 radical (unpaired) electrons. The number of hydrogen-bond acceptors (Lipinski definition) is 1. The number of aliphatic imine (C=N–C) groups is 1. The fourth-order valence-corrected chi connectivity index (χ4v) is 1.02. The van der Waals surface area contributed by atoms with Crippen molar-refractivity contribution in [2.45, 2.75) is 25.8 Å². The zero-order valence-corrected chi connectivity index (χ0v) is 6.18. The average molecular weight is 141 g/mol. The lowest BCUT2D eigenvalue weighted by Gasteiger charge is -2.09. The van der Waals surface area contributed by atoms with E-state index in [1.54, 1.807) is 0 Å². The molecule has 0 fully saturated rings. The molecule has 0 amide bonds. The van der Waals surface area contributed by atoms with Crippen LogP contribution in [0.4, 0.5) is 4.39 Å². The van der Waals surface area contributed by atoms with Crippen LogP contribution in [0.2, 0.25) is 0 Å². The van der Waals surface area contributed by atoms with E-state index >= 15 is 0 Å². The lowest BCUT2D eigenvalue weighted by Crippen LogP contribution is -2.07. The number of halogens is 1. The summed E-state index contributed by atoms with van der Waals surface area (Å²) in [5, 5.41) is 0. The normalized spacial score (nSPS) is 24.6. The molecule has 1 heterocycles. The first-order valence-corrected chi connectivity index (χ1v) is 3.62. The molecule has 0 aromatic carbocycles. The van der Waals surface area contributed by atoms with Gasteiger partial charge in [-0.15, -0.1) is 0 Å². The summed E-state index contributed by atoms with van der Waals surface area (Å²) >= 11 is 0. The van der Waals surface area contributed by atoms with Crippen LogP contribution in [-0.4, -0.2) is 18.4 Å². The largest absolute Gasteiger partial charge is 0.286 e. The summed E-state index contributed by atoms with van der Waals surface area (Å²) < 4.78 is 11.8. The first-order chi connectivity index (χ1) is 4.83. The molecule has 1 nitrogen and oxygen atoms in total. The van der Waals surface area contributed by atoms with Gasteiger partial charge in [-0.25, -0.2) is 0 Å². The SMILES string of the molecule is C[C@H]1CC=CC(CCF)=N1. The second-order valence-electron chi connectivity index (χ2n) is 2.55. The highest BCUT2D eigenvalue weighted by Crippen LogP contribution is 2.07. The predicted molar refractivity (Wildman–Crippen MR) is 41.2 cm³/mol. The third kappa shape index (κ3) is 1.94. The first-order valence-electron chi connectivity index (χ1n) is 3.62. The lowest BCUT2D eigenvalue weighted by atomic mass is 10.1. The predicted octanol–water partition coefficient (Wildman–Crippen LogP) is 2.14. The monoisotopic (exact) mass is 141 g/mol. The van der Waals surface area contributed by atoms with E-state index in [-0.39, 0.29) is 6.67 Å². The van der Waals surface area contributed by atoms with Crippen LogP contribution in [0, 0.1) is 0 Å². The summed E-state index contributed by atoms with van der Waals surface area (Å²) in [6.45, 7) is 1.75. The highest BCUT2D eigenvalue weighted by molar-refractivity contribution is 5.95. The summed E-state index contributed by atoms with van der Waals surface area (Å²) in [5.41, 5.74) is 0.904. The Morgan fingerprint density at radius 1 is 1.80 bits per heavy atom. The molecule has 0 bridgehead atoms. The molecule has 0 N–H and O–H groups in total. The number of nitrogens with zero attached hydrogens (tertiary/aromatic N) is 1. The zero-order valence-electron chi connectivity index (χ0n) is 6.18. The number of hydrogen-bond donors (Lipinski definition) is 0. The molecule has 56 valence electrons. The maximum atomic E-state index is 11.8. The molecule has 1 aliphatic rings. The Kier molecular flexibility index (Phi) is 2.60. The molecule has 0 saturated carbocycles. The van der Waals surface area contributed by atoms with Crippen molar-refractivity contribution in [1.82, 2.24) is 0 Å². The summed E-state index contributed by atoms with van der Waals surface area (Å²) in [6, 6.07) is 0.353. The Hall–Kier alpha value is -0.660. The Morgan fingerprint density at radius 2 is 2.60 bits per heavy atom. The average Bonchev–Trinajstić information content (AvgIpc) is 1.88. The minimum atomic E-state index is -0.296. The molecule has 0 aromatic heterocycles. The molecule has 0 saturated heterocycles. The Labute approximate surface area is 60.7 Å². The van der Waals surface area contributed by atoms with Crippen LogP contribution in [0.3, 0.4) is 0 Å². The van der Waals surface area contributed by atoms with Gasteiger partial charge in [0.1, 0.15) is 0 Å². The van der Waals surface area contributed by atoms with Crippen molar-refractivity contribution < 1.29 is 4.39 Å².